The molecular weight excluding hydrogens is 293 g/mol. The number of hydrogen-bond donors (Lipinski definition) is 2. The normalized spacial score (nSPS) is 11.8. The smallest absolute Gasteiger partial charge is 0.239 e. The van der Waals surface area contributed by atoms with Crippen molar-refractivity contribution >= 4 is 11.6 Å². The maximum Gasteiger partial charge on any atom is 0.239 e. The second kappa shape index (κ2) is 6.98. The van der Waals surface area contributed by atoms with Crippen molar-refractivity contribution in [2.24, 2.45) is 0 Å². The van der Waals surface area contributed by atoms with Crippen LogP contribution in [0.4, 0.5) is 18.9 Å². The summed E-state index contributed by atoms with van der Waals surface area (Å²) in [6.07, 6.45) is 0. The van der Waals surface area contributed by atoms with Gasteiger partial charge in [0.05, 0.1) is 18.3 Å². The zero-order valence-corrected chi connectivity index (χ0v) is 11.9. The second-order valence-corrected chi connectivity index (χ2v) is 4.78. The predicted octanol–water partition coefficient (Wildman–Crippen LogP) is 3.39. The Kier molecular flexibility index (Phi) is 5.04. The highest BCUT2D eigenvalue weighted by atomic mass is 19.2. The molecular formula is C16H15F3N2O. The van der Waals surface area contributed by atoms with Crippen molar-refractivity contribution in [3.8, 4) is 0 Å². The van der Waals surface area contributed by atoms with Crippen molar-refractivity contribution in [2.45, 2.75) is 13.0 Å². The number of halogens is 3. The molecule has 0 aliphatic rings. The molecule has 0 saturated heterocycles. The van der Waals surface area contributed by atoms with Crippen molar-refractivity contribution in [1.82, 2.24) is 5.32 Å². The van der Waals surface area contributed by atoms with Crippen molar-refractivity contribution in [1.29, 1.82) is 0 Å². The summed E-state index contributed by atoms with van der Waals surface area (Å²) in [7, 11) is 0. The number of carbonyl (C=O) groups excluding carboxylic acids is 1. The van der Waals surface area contributed by atoms with E-state index < -0.39 is 17.5 Å². The topological polar surface area (TPSA) is 41.1 Å². The molecule has 3 nitrogen and oxygen atoms in total. The molecule has 1 amide bonds. The molecule has 0 radical (unpaired) electrons. The third-order valence-electron chi connectivity index (χ3n) is 3.15. The van der Waals surface area contributed by atoms with E-state index in [0.717, 1.165) is 17.7 Å². The van der Waals surface area contributed by atoms with Crippen molar-refractivity contribution in [2.75, 3.05) is 11.9 Å². The number of hydrogen-bond acceptors (Lipinski definition) is 2. The van der Waals surface area contributed by atoms with Gasteiger partial charge in [-0.25, -0.2) is 13.2 Å². The van der Waals surface area contributed by atoms with E-state index >= 15 is 0 Å². The fraction of sp³-hybridized carbons (Fsp3) is 0.188. The van der Waals surface area contributed by atoms with E-state index in [-0.39, 0.29) is 24.2 Å². The third-order valence-corrected chi connectivity index (χ3v) is 3.15. The van der Waals surface area contributed by atoms with Gasteiger partial charge in [-0.1, -0.05) is 30.3 Å². The molecule has 6 heteroatoms. The van der Waals surface area contributed by atoms with E-state index in [1.165, 1.54) is 0 Å². The van der Waals surface area contributed by atoms with Crippen molar-refractivity contribution in [3.05, 3.63) is 65.5 Å². The van der Waals surface area contributed by atoms with Crippen LogP contribution in [0.3, 0.4) is 0 Å². The summed E-state index contributed by atoms with van der Waals surface area (Å²) in [5.74, 6) is -4.57. The highest BCUT2D eigenvalue weighted by Crippen LogP contribution is 2.19. The van der Waals surface area contributed by atoms with E-state index in [1.54, 1.807) is 0 Å². The molecule has 0 bridgehead atoms. The van der Waals surface area contributed by atoms with Gasteiger partial charge in [-0.3, -0.25) is 4.79 Å². The Labute approximate surface area is 126 Å². The van der Waals surface area contributed by atoms with Gasteiger partial charge < -0.3 is 10.6 Å². The van der Waals surface area contributed by atoms with Crippen LogP contribution in [0.25, 0.3) is 0 Å². The molecule has 0 saturated carbocycles. The third kappa shape index (κ3) is 3.78. The molecule has 0 heterocycles. The van der Waals surface area contributed by atoms with E-state index in [4.69, 9.17) is 0 Å². The van der Waals surface area contributed by atoms with Crippen molar-refractivity contribution < 1.29 is 18.0 Å². The number of amides is 1. The van der Waals surface area contributed by atoms with E-state index in [0.29, 0.717) is 0 Å². The van der Waals surface area contributed by atoms with Gasteiger partial charge in [0, 0.05) is 0 Å². The van der Waals surface area contributed by atoms with Crippen LogP contribution in [-0.2, 0) is 4.79 Å². The summed E-state index contributed by atoms with van der Waals surface area (Å²) in [5, 5.41) is 5.16. The molecule has 2 aromatic carbocycles. The van der Waals surface area contributed by atoms with Crippen LogP contribution in [0.1, 0.15) is 18.5 Å². The number of nitrogens with one attached hydrogen (secondary N) is 2. The Hall–Kier alpha value is -2.50. The fourth-order valence-electron chi connectivity index (χ4n) is 1.96. The first kappa shape index (κ1) is 15.9. The molecule has 1 unspecified atom stereocenters. The van der Waals surface area contributed by atoms with Gasteiger partial charge >= 0.3 is 0 Å². The average Bonchev–Trinajstić information content (AvgIpc) is 2.53. The average molecular weight is 308 g/mol. The molecule has 22 heavy (non-hydrogen) atoms. The summed E-state index contributed by atoms with van der Waals surface area (Å²) in [6, 6.07) is 10.9. The maximum atomic E-state index is 13.4. The van der Waals surface area contributed by atoms with Gasteiger partial charge in [-0.15, -0.1) is 0 Å². The Bertz CT molecular complexity index is 662. The van der Waals surface area contributed by atoms with Crippen LogP contribution in [0.5, 0.6) is 0 Å². The van der Waals surface area contributed by atoms with Crippen LogP contribution in [0.2, 0.25) is 0 Å². The number of carbonyl (C=O) groups is 1. The first-order chi connectivity index (χ1) is 10.5. The molecule has 2 N–H and O–H groups in total. The molecule has 0 aliphatic heterocycles. The van der Waals surface area contributed by atoms with Gasteiger partial charge in [0.15, 0.2) is 17.5 Å². The Morgan fingerprint density at radius 3 is 2.41 bits per heavy atom. The largest absolute Gasteiger partial charge is 0.374 e. The minimum atomic E-state index is -1.57. The SMILES string of the molecule is CC(NC(=O)CNc1ccc(F)c(F)c1F)c1ccccc1. The molecule has 1 atom stereocenters. The maximum absolute atomic E-state index is 13.4. The summed E-state index contributed by atoms with van der Waals surface area (Å²) in [4.78, 5) is 11.8. The standard InChI is InChI=1S/C16H15F3N2O/c1-10(11-5-3-2-4-6-11)21-14(22)9-20-13-8-7-12(17)15(18)16(13)19/h2-8,10,20H,9H2,1H3,(H,21,22). The van der Waals surface area contributed by atoms with Gasteiger partial charge in [-0.2, -0.15) is 0 Å². The number of rotatable bonds is 5. The lowest BCUT2D eigenvalue weighted by molar-refractivity contribution is -0.120. The molecule has 2 rings (SSSR count). The van der Waals surface area contributed by atoms with Crippen LogP contribution in [-0.4, -0.2) is 12.5 Å². The monoisotopic (exact) mass is 308 g/mol. The molecule has 0 aromatic heterocycles. The van der Waals surface area contributed by atoms with Crippen LogP contribution >= 0.6 is 0 Å². The summed E-state index contributed by atoms with van der Waals surface area (Å²) < 4.78 is 39.3. The lowest BCUT2D eigenvalue weighted by atomic mass is 10.1. The minimum absolute atomic E-state index is 0.217. The second-order valence-electron chi connectivity index (χ2n) is 4.78. The molecule has 0 aliphatic carbocycles. The highest BCUT2D eigenvalue weighted by molar-refractivity contribution is 5.81. The van der Waals surface area contributed by atoms with E-state index in [2.05, 4.69) is 10.6 Å². The van der Waals surface area contributed by atoms with Gasteiger partial charge in [0.1, 0.15) is 0 Å². The molecule has 116 valence electrons. The zero-order valence-electron chi connectivity index (χ0n) is 11.9. The fourth-order valence-corrected chi connectivity index (χ4v) is 1.96. The summed E-state index contributed by atoms with van der Waals surface area (Å²) in [6.45, 7) is 1.56. The van der Waals surface area contributed by atoms with E-state index in [9.17, 15) is 18.0 Å². The lowest BCUT2D eigenvalue weighted by Crippen LogP contribution is -2.32. The highest BCUT2D eigenvalue weighted by Gasteiger charge is 2.14. The Balaban J connectivity index is 1.92. The first-order valence-electron chi connectivity index (χ1n) is 6.70. The molecule has 0 fully saturated rings. The molecule has 2 aromatic rings. The lowest BCUT2D eigenvalue weighted by Gasteiger charge is -2.15. The zero-order chi connectivity index (χ0) is 16.1. The predicted molar refractivity (Wildman–Crippen MR) is 77.8 cm³/mol. The first-order valence-corrected chi connectivity index (χ1v) is 6.70. The Morgan fingerprint density at radius 1 is 1.05 bits per heavy atom. The Morgan fingerprint density at radius 2 is 1.73 bits per heavy atom. The van der Waals surface area contributed by atoms with Crippen molar-refractivity contribution in [3.63, 3.8) is 0 Å². The summed E-state index contributed by atoms with van der Waals surface area (Å²) >= 11 is 0. The van der Waals surface area contributed by atoms with E-state index in [1.807, 2.05) is 37.3 Å². The summed E-state index contributed by atoms with van der Waals surface area (Å²) in [5.41, 5.74) is 0.663. The van der Waals surface area contributed by atoms with Crippen LogP contribution in [0, 0.1) is 17.5 Å². The minimum Gasteiger partial charge on any atom is -0.374 e. The number of anilines is 1. The van der Waals surface area contributed by atoms with Crippen LogP contribution in [0.15, 0.2) is 42.5 Å². The quantitative estimate of drug-likeness (QED) is 0.831. The van der Waals surface area contributed by atoms with Crippen LogP contribution < -0.4 is 10.6 Å². The van der Waals surface area contributed by atoms with Gasteiger partial charge in [0.25, 0.3) is 0 Å². The van der Waals surface area contributed by atoms with Gasteiger partial charge in [0.2, 0.25) is 5.91 Å². The van der Waals surface area contributed by atoms with Gasteiger partial charge in [-0.05, 0) is 24.6 Å². The molecule has 0 spiro atoms. The number of benzene rings is 2.